The first-order valence-corrected chi connectivity index (χ1v) is 17.1. The molecule has 12 rings (SSSR count). The fourth-order valence-electron chi connectivity index (χ4n) is 8.72. The lowest BCUT2D eigenvalue weighted by Gasteiger charge is -2.16. The predicted molar refractivity (Wildman–Crippen MR) is 209 cm³/mol. The smallest absolute Gasteiger partial charge is 0.165 e. The average molecular weight is 635 g/mol. The summed E-state index contributed by atoms with van der Waals surface area (Å²) in [5.41, 5.74) is 9.57. The summed E-state index contributed by atoms with van der Waals surface area (Å²) in [6, 6.07) is 56.9. The van der Waals surface area contributed by atoms with Gasteiger partial charge in [-0.15, -0.1) is 0 Å². The van der Waals surface area contributed by atoms with Gasteiger partial charge in [0.2, 0.25) is 0 Å². The van der Waals surface area contributed by atoms with Gasteiger partial charge in [-0.2, -0.15) is 0 Å². The summed E-state index contributed by atoms with van der Waals surface area (Å²) in [7, 11) is 0. The highest BCUT2D eigenvalue weighted by Crippen LogP contribution is 2.45. The van der Waals surface area contributed by atoms with Crippen molar-refractivity contribution in [2.45, 2.75) is 0 Å². The van der Waals surface area contributed by atoms with Crippen molar-refractivity contribution in [3.63, 3.8) is 0 Å². The molecule has 0 bridgehead atoms. The molecular weight excluding hydrogens is 609 g/mol. The van der Waals surface area contributed by atoms with Crippen LogP contribution in [0.3, 0.4) is 0 Å². The quantitative estimate of drug-likeness (QED) is 0.177. The van der Waals surface area contributed by atoms with E-state index < -0.39 is 0 Å². The van der Waals surface area contributed by atoms with E-state index in [0.717, 1.165) is 55.3 Å². The topological polar surface area (TPSA) is 35.1 Å². The van der Waals surface area contributed by atoms with Crippen LogP contribution in [-0.4, -0.2) is 18.9 Å². The molecule has 230 valence electrons. The van der Waals surface area contributed by atoms with Gasteiger partial charge in [0, 0.05) is 32.5 Å². The van der Waals surface area contributed by atoms with Crippen molar-refractivity contribution in [3.05, 3.63) is 158 Å². The van der Waals surface area contributed by atoms with Gasteiger partial charge in [0.05, 0.1) is 38.6 Å². The number of hydrogen-bond acceptors (Lipinski definition) is 2. The van der Waals surface area contributed by atoms with Crippen LogP contribution in [0.1, 0.15) is 0 Å². The molecular formula is C46H26N4. The van der Waals surface area contributed by atoms with E-state index in [0.29, 0.717) is 0 Å². The zero-order valence-electron chi connectivity index (χ0n) is 26.8. The molecule has 0 atom stereocenters. The molecule has 0 spiro atoms. The lowest BCUT2D eigenvalue weighted by atomic mass is 10.0. The fourth-order valence-corrected chi connectivity index (χ4v) is 8.72. The van der Waals surface area contributed by atoms with Crippen LogP contribution in [0.25, 0.3) is 110 Å². The maximum absolute atomic E-state index is 5.57. The molecule has 4 heteroatoms. The van der Waals surface area contributed by atoms with Gasteiger partial charge in [-0.25, -0.2) is 9.97 Å². The van der Waals surface area contributed by atoms with Crippen molar-refractivity contribution >= 4 is 92.5 Å². The third-order valence-electron chi connectivity index (χ3n) is 10.8. The molecule has 0 aliphatic carbocycles. The van der Waals surface area contributed by atoms with Crippen LogP contribution >= 0.6 is 0 Å². The Morgan fingerprint density at radius 3 is 1.76 bits per heavy atom. The van der Waals surface area contributed by atoms with Gasteiger partial charge >= 0.3 is 0 Å². The molecule has 0 saturated carbocycles. The largest absolute Gasteiger partial charge is 0.308 e. The Bertz CT molecular complexity index is 3380. The van der Waals surface area contributed by atoms with Gasteiger partial charge in [-0.3, -0.25) is 4.57 Å². The van der Waals surface area contributed by atoms with E-state index in [4.69, 9.17) is 9.97 Å². The summed E-state index contributed by atoms with van der Waals surface area (Å²) >= 11 is 0. The number of benzene rings is 8. The molecule has 4 heterocycles. The van der Waals surface area contributed by atoms with Gasteiger partial charge in [0.25, 0.3) is 0 Å². The Balaban J connectivity index is 1.32. The standard InChI is InChI=1S/C46H26N4/c1-2-13-29-26-37-36(25-28(29)12-1)47-44(33-18-7-14-27-11-3-4-15-30(27)33)46(48-37)50-39-22-9-17-32-35-20-8-19-34-31-16-5-6-21-38(31)49(45(34)35)40-23-10-24-41(50)43(40)42(32)39/h1-26H. The molecule has 0 radical (unpaired) electrons. The average Bonchev–Trinajstić information content (AvgIpc) is 3.65. The SMILES string of the molecule is c1ccc2cc3nc(-n4c5cccc6c7cccc8c9ccccc9n(c9cccc4c9c65)c78)c(-c4cccc5ccccc45)nc3cc2c1. The van der Waals surface area contributed by atoms with E-state index in [-0.39, 0.29) is 0 Å². The van der Waals surface area contributed by atoms with Gasteiger partial charge in [0.15, 0.2) is 5.82 Å². The highest BCUT2D eigenvalue weighted by molar-refractivity contribution is 6.31. The fraction of sp³-hybridized carbons (Fsp3) is 0. The number of hydrogen-bond donors (Lipinski definition) is 0. The van der Waals surface area contributed by atoms with Crippen molar-refractivity contribution in [2.75, 3.05) is 0 Å². The summed E-state index contributed by atoms with van der Waals surface area (Å²) in [5.74, 6) is 0.829. The molecule has 0 aliphatic heterocycles. The van der Waals surface area contributed by atoms with Crippen LogP contribution < -0.4 is 0 Å². The Kier molecular flexibility index (Phi) is 4.94. The number of rotatable bonds is 2. The summed E-state index contributed by atoms with van der Waals surface area (Å²) in [6.45, 7) is 0. The van der Waals surface area contributed by atoms with Gasteiger partial charge in [-0.05, 0) is 63.3 Å². The molecule has 4 aromatic heterocycles. The van der Waals surface area contributed by atoms with Crippen LogP contribution in [0, 0.1) is 0 Å². The second-order valence-electron chi connectivity index (χ2n) is 13.4. The highest BCUT2D eigenvalue weighted by Gasteiger charge is 2.25. The number of fused-ring (bicyclic) bond motifs is 8. The van der Waals surface area contributed by atoms with Gasteiger partial charge in [-0.1, -0.05) is 121 Å². The van der Waals surface area contributed by atoms with E-state index in [1.165, 1.54) is 54.3 Å². The van der Waals surface area contributed by atoms with Gasteiger partial charge in [0.1, 0.15) is 5.69 Å². The molecule has 0 saturated heterocycles. The third kappa shape index (κ3) is 3.30. The van der Waals surface area contributed by atoms with Crippen LogP contribution in [-0.2, 0) is 0 Å². The first-order chi connectivity index (χ1) is 24.8. The van der Waals surface area contributed by atoms with Crippen LogP contribution in [0.15, 0.2) is 158 Å². The Hall–Kier alpha value is -6.78. The van der Waals surface area contributed by atoms with Crippen LogP contribution in [0.4, 0.5) is 0 Å². The molecule has 50 heavy (non-hydrogen) atoms. The minimum Gasteiger partial charge on any atom is -0.308 e. The number of nitrogens with zero attached hydrogens (tertiary/aromatic N) is 4. The Morgan fingerprint density at radius 2 is 0.920 bits per heavy atom. The van der Waals surface area contributed by atoms with Gasteiger partial charge < -0.3 is 4.40 Å². The number of aromatic nitrogens is 4. The highest BCUT2D eigenvalue weighted by atomic mass is 15.1. The monoisotopic (exact) mass is 634 g/mol. The minimum atomic E-state index is 0.829. The normalized spacial score (nSPS) is 12.4. The maximum Gasteiger partial charge on any atom is 0.165 e. The minimum absolute atomic E-state index is 0.829. The van der Waals surface area contributed by atoms with E-state index in [1.54, 1.807) is 0 Å². The first-order valence-electron chi connectivity index (χ1n) is 17.1. The van der Waals surface area contributed by atoms with Crippen LogP contribution in [0.2, 0.25) is 0 Å². The molecule has 0 fully saturated rings. The lowest BCUT2D eigenvalue weighted by molar-refractivity contribution is 1.08. The molecule has 0 aliphatic rings. The second-order valence-corrected chi connectivity index (χ2v) is 13.4. The van der Waals surface area contributed by atoms with E-state index in [1.807, 2.05) is 0 Å². The van der Waals surface area contributed by atoms with Crippen molar-refractivity contribution in [1.29, 1.82) is 0 Å². The summed E-state index contributed by atoms with van der Waals surface area (Å²) < 4.78 is 4.85. The molecule has 0 unspecified atom stereocenters. The summed E-state index contributed by atoms with van der Waals surface area (Å²) in [6.07, 6.45) is 0. The zero-order valence-corrected chi connectivity index (χ0v) is 26.8. The molecule has 0 N–H and O–H groups in total. The molecule has 12 aromatic rings. The zero-order chi connectivity index (χ0) is 32.5. The second kappa shape index (κ2) is 9.43. The van der Waals surface area contributed by atoms with Crippen molar-refractivity contribution in [3.8, 4) is 17.1 Å². The Labute approximate surface area is 285 Å². The lowest BCUT2D eigenvalue weighted by Crippen LogP contribution is -2.04. The maximum atomic E-state index is 5.57. The van der Waals surface area contributed by atoms with E-state index >= 15 is 0 Å². The van der Waals surface area contributed by atoms with E-state index in [2.05, 4.69) is 167 Å². The van der Waals surface area contributed by atoms with Crippen molar-refractivity contribution < 1.29 is 0 Å². The molecule has 0 amide bonds. The van der Waals surface area contributed by atoms with Crippen molar-refractivity contribution in [1.82, 2.24) is 18.9 Å². The Morgan fingerprint density at radius 1 is 0.380 bits per heavy atom. The van der Waals surface area contributed by atoms with Crippen LogP contribution in [0.5, 0.6) is 0 Å². The molecule has 8 aromatic carbocycles. The van der Waals surface area contributed by atoms with E-state index in [9.17, 15) is 0 Å². The van der Waals surface area contributed by atoms with Crippen molar-refractivity contribution in [2.24, 2.45) is 0 Å². The predicted octanol–water partition coefficient (Wildman–Crippen LogP) is 11.9. The molecule has 4 nitrogen and oxygen atoms in total. The summed E-state index contributed by atoms with van der Waals surface area (Å²) in [5, 5.41) is 12.1. The third-order valence-corrected chi connectivity index (χ3v) is 10.8. The summed E-state index contributed by atoms with van der Waals surface area (Å²) in [4.78, 5) is 11.1. The first kappa shape index (κ1) is 26.2. The number of para-hydroxylation sites is 2.